The van der Waals surface area contributed by atoms with E-state index in [9.17, 15) is 12.8 Å². The fourth-order valence-corrected chi connectivity index (χ4v) is 3.06. The highest BCUT2D eigenvalue weighted by molar-refractivity contribution is 7.90. The van der Waals surface area contributed by atoms with Crippen molar-refractivity contribution >= 4 is 9.84 Å². The molecule has 0 saturated carbocycles. The molecule has 5 heteroatoms. The average Bonchev–Trinajstić information content (AvgIpc) is 2.38. The van der Waals surface area contributed by atoms with Gasteiger partial charge in [0, 0.05) is 0 Å². The second kappa shape index (κ2) is 5.21. The fourth-order valence-electron chi connectivity index (χ4n) is 1.69. The van der Waals surface area contributed by atoms with E-state index >= 15 is 0 Å². The summed E-state index contributed by atoms with van der Waals surface area (Å²) in [4.78, 5) is -0.0603. The van der Waals surface area contributed by atoms with Gasteiger partial charge in [0.05, 0.1) is 22.3 Å². The quantitative estimate of drug-likeness (QED) is 0.865. The van der Waals surface area contributed by atoms with Crippen LogP contribution in [0.2, 0.25) is 0 Å². The fraction of sp³-hybridized carbons (Fsp3) is 0.0714. The van der Waals surface area contributed by atoms with E-state index in [0.29, 0.717) is 11.1 Å². The zero-order chi connectivity index (χ0) is 13.9. The van der Waals surface area contributed by atoms with E-state index in [1.54, 1.807) is 18.2 Å². The van der Waals surface area contributed by atoms with Crippen molar-refractivity contribution in [1.29, 1.82) is 5.26 Å². The predicted molar refractivity (Wildman–Crippen MR) is 68.4 cm³/mol. The van der Waals surface area contributed by atoms with E-state index in [1.165, 1.54) is 24.3 Å². The second-order valence-electron chi connectivity index (χ2n) is 4.03. The third kappa shape index (κ3) is 3.18. The summed E-state index contributed by atoms with van der Waals surface area (Å²) >= 11 is 0. The van der Waals surface area contributed by atoms with Crippen LogP contribution < -0.4 is 0 Å². The average molecular weight is 275 g/mol. The summed E-state index contributed by atoms with van der Waals surface area (Å²) in [6.07, 6.45) is 0. The molecule has 0 heterocycles. The Kier molecular flexibility index (Phi) is 3.63. The largest absolute Gasteiger partial charge is 0.223 e. The molecule has 0 saturated heterocycles. The van der Waals surface area contributed by atoms with Gasteiger partial charge in [-0.05, 0) is 35.9 Å². The first-order valence-electron chi connectivity index (χ1n) is 5.49. The van der Waals surface area contributed by atoms with Crippen LogP contribution in [0.15, 0.2) is 53.4 Å². The molecule has 0 fully saturated rings. The summed E-state index contributed by atoms with van der Waals surface area (Å²) in [5, 5.41) is 8.76. The van der Waals surface area contributed by atoms with E-state index in [-0.39, 0.29) is 10.6 Å². The normalized spacial score (nSPS) is 10.9. The molecule has 2 aromatic rings. The van der Waals surface area contributed by atoms with Crippen molar-refractivity contribution in [3.05, 3.63) is 65.5 Å². The van der Waals surface area contributed by atoms with Gasteiger partial charge in [-0.2, -0.15) is 5.26 Å². The number of hydrogen-bond acceptors (Lipinski definition) is 3. The van der Waals surface area contributed by atoms with Crippen molar-refractivity contribution in [2.45, 2.75) is 10.6 Å². The molecular formula is C14H10FNO2S. The second-order valence-corrected chi connectivity index (χ2v) is 6.02. The van der Waals surface area contributed by atoms with Crippen LogP contribution in [0.3, 0.4) is 0 Å². The lowest BCUT2D eigenvalue weighted by atomic mass is 10.2. The number of nitriles is 1. The predicted octanol–water partition coefficient (Wildman–Crippen LogP) is 2.67. The highest BCUT2D eigenvalue weighted by Crippen LogP contribution is 2.17. The lowest BCUT2D eigenvalue weighted by Gasteiger charge is -2.05. The Labute approximate surface area is 110 Å². The minimum atomic E-state index is -3.61. The number of benzene rings is 2. The Balaban J connectivity index is 2.34. The standard InChI is InChI=1S/C14H10FNO2S/c15-13-5-2-6-14(8-13)19(17,18)10-12-4-1-3-11(7-12)9-16/h1-8H,10H2. The van der Waals surface area contributed by atoms with Crippen LogP contribution in [-0.2, 0) is 15.6 Å². The molecule has 0 aromatic heterocycles. The highest BCUT2D eigenvalue weighted by atomic mass is 32.2. The highest BCUT2D eigenvalue weighted by Gasteiger charge is 2.16. The molecule has 0 bridgehead atoms. The van der Waals surface area contributed by atoms with Crippen molar-refractivity contribution in [3.63, 3.8) is 0 Å². The maximum Gasteiger partial charge on any atom is 0.182 e. The molecule has 19 heavy (non-hydrogen) atoms. The molecule has 0 radical (unpaired) electrons. The van der Waals surface area contributed by atoms with Crippen molar-refractivity contribution < 1.29 is 12.8 Å². The Bertz CT molecular complexity index is 748. The maximum absolute atomic E-state index is 13.0. The van der Waals surface area contributed by atoms with Gasteiger partial charge in [-0.25, -0.2) is 12.8 Å². The van der Waals surface area contributed by atoms with Gasteiger partial charge in [-0.1, -0.05) is 18.2 Å². The molecular weight excluding hydrogens is 265 g/mol. The van der Waals surface area contributed by atoms with Gasteiger partial charge in [0.25, 0.3) is 0 Å². The molecule has 0 aliphatic carbocycles. The van der Waals surface area contributed by atoms with Crippen LogP contribution in [-0.4, -0.2) is 8.42 Å². The molecule has 0 spiro atoms. The van der Waals surface area contributed by atoms with Crippen molar-refractivity contribution in [3.8, 4) is 6.07 Å². The van der Waals surface area contributed by atoms with Crippen molar-refractivity contribution in [1.82, 2.24) is 0 Å². The smallest absolute Gasteiger partial charge is 0.182 e. The molecule has 3 nitrogen and oxygen atoms in total. The third-order valence-corrected chi connectivity index (χ3v) is 4.25. The summed E-state index contributed by atoms with van der Waals surface area (Å²) < 4.78 is 37.3. The molecule has 2 rings (SSSR count). The molecule has 0 N–H and O–H groups in total. The molecule has 0 atom stereocenters. The van der Waals surface area contributed by atoms with Crippen LogP contribution in [0.4, 0.5) is 4.39 Å². The molecule has 0 amide bonds. The van der Waals surface area contributed by atoms with Gasteiger partial charge in [-0.3, -0.25) is 0 Å². The topological polar surface area (TPSA) is 57.9 Å². The number of sulfone groups is 1. The third-order valence-electron chi connectivity index (χ3n) is 2.57. The van der Waals surface area contributed by atoms with Crippen LogP contribution in [0, 0.1) is 17.1 Å². The van der Waals surface area contributed by atoms with Gasteiger partial charge in [0.15, 0.2) is 9.84 Å². The number of halogens is 1. The van der Waals surface area contributed by atoms with Crippen molar-refractivity contribution in [2.75, 3.05) is 0 Å². The first-order valence-corrected chi connectivity index (χ1v) is 7.14. The molecule has 0 aliphatic rings. The number of hydrogen-bond donors (Lipinski definition) is 0. The summed E-state index contributed by atoms with van der Waals surface area (Å²) in [6, 6.07) is 13.2. The monoisotopic (exact) mass is 275 g/mol. The molecule has 2 aromatic carbocycles. The molecule has 96 valence electrons. The first kappa shape index (κ1) is 13.2. The molecule has 0 unspecified atom stereocenters. The van der Waals surface area contributed by atoms with E-state index < -0.39 is 15.7 Å². The maximum atomic E-state index is 13.0. The van der Waals surface area contributed by atoms with Gasteiger partial charge in [-0.15, -0.1) is 0 Å². The summed E-state index contributed by atoms with van der Waals surface area (Å²) in [7, 11) is -3.61. The SMILES string of the molecule is N#Cc1cccc(CS(=O)(=O)c2cccc(F)c2)c1. The van der Waals surface area contributed by atoms with Gasteiger partial charge in [0.2, 0.25) is 0 Å². The lowest BCUT2D eigenvalue weighted by molar-refractivity contribution is 0.590. The zero-order valence-electron chi connectivity index (χ0n) is 9.88. The Morgan fingerprint density at radius 3 is 2.53 bits per heavy atom. The zero-order valence-corrected chi connectivity index (χ0v) is 10.7. The molecule has 0 aliphatic heterocycles. The van der Waals surface area contributed by atoms with E-state index in [1.807, 2.05) is 6.07 Å². The van der Waals surface area contributed by atoms with Crippen LogP contribution in [0.25, 0.3) is 0 Å². The lowest BCUT2D eigenvalue weighted by Crippen LogP contribution is -2.05. The Hall–Kier alpha value is -2.19. The summed E-state index contributed by atoms with van der Waals surface area (Å²) in [5.41, 5.74) is 0.898. The number of nitrogens with zero attached hydrogens (tertiary/aromatic N) is 1. The Morgan fingerprint density at radius 1 is 1.11 bits per heavy atom. The van der Waals surface area contributed by atoms with Crippen LogP contribution >= 0.6 is 0 Å². The summed E-state index contributed by atoms with van der Waals surface area (Å²) in [6.45, 7) is 0. The van der Waals surface area contributed by atoms with E-state index in [4.69, 9.17) is 5.26 Å². The van der Waals surface area contributed by atoms with Crippen LogP contribution in [0.5, 0.6) is 0 Å². The van der Waals surface area contributed by atoms with E-state index in [2.05, 4.69) is 0 Å². The Morgan fingerprint density at radius 2 is 1.84 bits per heavy atom. The van der Waals surface area contributed by atoms with Gasteiger partial charge in [0.1, 0.15) is 5.82 Å². The first-order chi connectivity index (χ1) is 9.01. The minimum Gasteiger partial charge on any atom is -0.223 e. The summed E-state index contributed by atoms with van der Waals surface area (Å²) in [5.74, 6) is -0.849. The van der Waals surface area contributed by atoms with Crippen molar-refractivity contribution in [2.24, 2.45) is 0 Å². The minimum absolute atomic E-state index is 0.0603. The number of rotatable bonds is 3. The van der Waals surface area contributed by atoms with Crippen LogP contribution in [0.1, 0.15) is 11.1 Å². The van der Waals surface area contributed by atoms with Gasteiger partial charge < -0.3 is 0 Å². The van der Waals surface area contributed by atoms with Gasteiger partial charge >= 0.3 is 0 Å². The van der Waals surface area contributed by atoms with E-state index in [0.717, 1.165) is 6.07 Å².